The second-order valence-corrected chi connectivity index (χ2v) is 8.63. The molecule has 2 amide bonds. The largest absolute Gasteiger partial charge is 0.355 e. The van der Waals surface area contributed by atoms with Gasteiger partial charge in [-0.05, 0) is 43.2 Å². The van der Waals surface area contributed by atoms with E-state index in [0.29, 0.717) is 30.4 Å². The van der Waals surface area contributed by atoms with Gasteiger partial charge in [0.15, 0.2) is 0 Å². The van der Waals surface area contributed by atoms with Crippen molar-refractivity contribution in [2.45, 2.75) is 37.8 Å². The van der Waals surface area contributed by atoms with Gasteiger partial charge in [0.2, 0.25) is 5.91 Å². The molecule has 0 spiro atoms. The van der Waals surface area contributed by atoms with E-state index in [1.807, 2.05) is 36.5 Å². The van der Waals surface area contributed by atoms with Gasteiger partial charge in [0.1, 0.15) is 5.82 Å². The van der Waals surface area contributed by atoms with Crippen molar-refractivity contribution in [3.05, 3.63) is 54.5 Å². The number of amides is 2. The highest BCUT2D eigenvalue weighted by atomic mass is 16.2. The van der Waals surface area contributed by atoms with E-state index in [2.05, 4.69) is 25.1 Å². The van der Waals surface area contributed by atoms with Crippen LogP contribution in [0.15, 0.2) is 48.9 Å². The van der Waals surface area contributed by atoms with Crippen LogP contribution < -0.4 is 10.2 Å². The molecule has 3 aliphatic rings. The number of hydrogen-bond donors (Lipinski definition) is 1. The van der Waals surface area contributed by atoms with Gasteiger partial charge in [-0.1, -0.05) is 18.2 Å². The van der Waals surface area contributed by atoms with Gasteiger partial charge >= 0.3 is 0 Å². The molecule has 2 aromatic rings. The average molecular weight is 406 g/mol. The van der Waals surface area contributed by atoms with Crippen LogP contribution >= 0.6 is 0 Å². The lowest BCUT2D eigenvalue weighted by molar-refractivity contribution is -0.148. The summed E-state index contributed by atoms with van der Waals surface area (Å²) in [5.41, 5.74) is 0.650. The van der Waals surface area contributed by atoms with Gasteiger partial charge < -0.3 is 15.1 Å². The zero-order valence-corrected chi connectivity index (χ0v) is 17.0. The molecule has 4 heterocycles. The predicted octanol–water partition coefficient (Wildman–Crippen LogP) is 2.11. The van der Waals surface area contributed by atoms with E-state index in [0.717, 1.165) is 38.2 Å². The fraction of sp³-hybridized carbons (Fsp3) is 0.478. The van der Waals surface area contributed by atoms with Crippen LogP contribution in [-0.2, 0) is 4.79 Å². The normalized spacial score (nSPS) is 28.1. The molecule has 30 heavy (non-hydrogen) atoms. The molecule has 1 N–H and O–H groups in total. The number of benzene rings is 1. The molecule has 5 rings (SSSR count). The summed E-state index contributed by atoms with van der Waals surface area (Å²) in [7, 11) is 0. The first kappa shape index (κ1) is 19.0. The number of anilines is 1. The molecule has 0 unspecified atom stereocenters. The molecule has 3 aliphatic heterocycles. The smallest absolute Gasteiger partial charge is 0.251 e. The zero-order valence-electron chi connectivity index (χ0n) is 17.0. The molecule has 0 radical (unpaired) electrons. The molecule has 0 aliphatic carbocycles. The Labute approximate surface area is 176 Å². The van der Waals surface area contributed by atoms with Crippen molar-refractivity contribution in [1.82, 2.24) is 20.2 Å². The number of carbonyl (C=O) groups excluding carboxylic acids is 2. The monoisotopic (exact) mass is 405 g/mol. The quantitative estimate of drug-likeness (QED) is 0.843. The highest BCUT2D eigenvalue weighted by molar-refractivity contribution is 5.94. The number of nitrogens with one attached hydrogen (secondary N) is 1. The second kappa shape index (κ2) is 8.05. The molecule has 2 bridgehead atoms. The van der Waals surface area contributed by atoms with Crippen LogP contribution in [0.4, 0.5) is 5.82 Å². The van der Waals surface area contributed by atoms with Gasteiger partial charge in [-0.25, -0.2) is 4.98 Å². The van der Waals surface area contributed by atoms with E-state index in [-0.39, 0.29) is 23.9 Å². The lowest BCUT2D eigenvalue weighted by atomic mass is 9.72. The highest BCUT2D eigenvalue weighted by Gasteiger charge is 2.49. The maximum Gasteiger partial charge on any atom is 0.251 e. The van der Waals surface area contributed by atoms with Crippen molar-refractivity contribution in [3.63, 3.8) is 0 Å². The van der Waals surface area contributed by atoms with Gasteiger partial charge in [0, 0.05) is 50.1 Å². The van der Waals surface area contributed by atoms with Crippen molar-refractivity contribution < 1.29 is 9.59 Å². The SMILES string of the molecule is O=C(NC[C@H]1[C@H]2C[C@H](CN(c3cnccn3)C2)[C@@H]2CCCC(=O)N21)c1ccccc1. The number of hydrogen-bond acceptors (Lipinski definition) is 5. The van der Waals surface area contributed by atoms with Crippen molar-refractivity contribution in [2.24, 2.45) is 11.8 Å². The van der Waals surface area contributed by atoms with E-state index in [1.165, 1.54) is 0 Å². The third kappa shape index (κ3) is 3.53. The Morgan fingerprint density at radius 2 is 1.97 bits per heavy atom. The molecule has 7 nitrogen and oxygen atoms in total. The second-order valence-electron chi connectivity index (χ2n) is 8.63. The molecule has 7 heteroatoms. The van der Waals surface area contributed by atoms with Crippen LogP contribution in [0.3, 0.4) is 0 Å². The Morgan fingerprint density at radius 1 is 1.13 bits per heavy atom. The summed E-state index contributed by atoms with van der Waals surface area (Å²) in [5.74, 6) is 1.80. The predicted molar refractivity (Wildman–Crippen MR) is 113 cm³/mol. The Kier molecular flexibility index (Phi) is 5.11. The summed E-state index contributed by atoms with van der Waals surface area (Å²) in [6.07, 6.45) is 8.95. The number of fused-ring (bicyclic) bond motifs is 4. The third-order valence-electron chi connectivity index (χ3n) is 6.88. The van der Waals surface area contributed by atoms with Crippen LogP contribution in [-0.4, -0.2) is 58.4 Å². The molecule has 4 atom stereocenters. The Bertz CT molecular complexity index is 906. The van der Waals surface area contributed by atoms with E-state index in [9.17, 15) is 9.59 Å². The minimum Gasteiger partial charge on any atom is -0.355 e. The summed E-state index contributed by atoms with van der Waals surface area (Å²) in [5, 5.41) is 3.10. The average Bonchev–Trinajstić information content (AvgIpc) is 2.80. The van der Waals surface area contributed by atoms with Crippen molar-refractivity contribution in [3.8, 4) is 0 Å². The maximum absolute atomic E-state index is 12.9. The van der Waals surface area contributed by atoms with Gasteiger partial charge in [0.25, 0.3) is 5.91 Å². The molecule has 3 fully saturated rings. The number of piperidine rings is 3. The van der Waals surface area contributed by atoms with E-state index in [1.54, 1.807) is 12.4 Å². The zero-order chi connectivity index (χ0) is 20.5. The Balaban J connectivity index is 1.38. The minimum atomic E-state index is -0.0830. The van der Waals surface area contributed by atoms with E-state index < -0.39 is 0 Å². The third-order valence-corrected chi connectivity index (χ3v) is 6.88. The van der Waals surface area contributed by atoms with Gasteiger partial charge in [-0.2, -0.15) is 0 Å². The summed E-state index contributed by atoms with van der Waals surface area (Å²) in [6, 6.07) is 9.54. The standard InChI is InChI=1S/C23H27N5O2/c29-22-8-4-7-19-17-11-18(15-27(14-17)21-13-24-9-10-25-21)20(28(19)22)12-26-23(30)16-5-2-1-3-6-16/h1-3,5-6,9-10,13,17-20H,4,7-8,11-12,14-15H2,(H,26,30)/t17-,18+,19+,20+/m1/s1. The number of aromatic nitrogens is 2. The number of nitrogens with zero attached hydrogens (tertiary/aromatic N) is 4. The summed E-state index contributed by atoms with van der Waals surface area (Å²) >= 11 is 0. The minimum absolute atomic E-state index is 0.0196. The highest BCUT2D eigenvalue weighted by Crippen LogP contribution is 2.42. The van der Waals surface area contributed by atoms with E-state index >= 15 is 0 Å². The first-order valence-electron chi connectivity index (χ1n) is 10.9. The maximum atomic E-state index is 12.9. The topological polar surface area (TPSA) is 78.4 Å². The van der Waals surface area contributed by atoms with Gasteiger partial charge in [-0.3, -0.25) is 14.6 Å². The van der Waals surface area contributed by atoms with Crippen molar-refractivity contribution in [1.29, 1.82) is 0 Å². The van der Waals surface area contributed by atoms with Crippen LogP contribution in [0.2, 0.25) is 0 Å². The summed E-state index contributed by atoms with van der Waals surface area (Å²) in [4.78, 5) is 38.7. The fourth-order valence-corrected chi connectivity index (χ4v) is 5.57. The fourth-order valence-electron chi connectivity index (χ4n) is 5.57. The molecule has 1 aromatic heterocycles. The van der Waals surface area contributed by atoms with Crippen LogP contribution in [0, 0.1) is 11.8 Å². The van der Waals surface area contributed by atoms with Gasteiger partial charge in [-0.15, -0.1) is 0 Å². The molecular formula is C23H27N5O2. The van der Waals surface area contributed by atoms with Crippen LogP contribution in [0.1, 0.15) is 36.0 Å². The lowest BCUT2D eigenvalue weighted by Crippen LogP contribution is -2.67. The van der Waals surface area contributed by atoms with E-state index in [4.69, 9.17) is 0 Å². The Hall–Kier alpha value is -2.96. The Morgan fingerprint density at radius 3 is 2.77 bits per heavy atom. The molecule has 3 saturated heterocycles. The van der Waals surface area contributed by atoms with Crippen molar-refractivity contribution >= 4 is 17.6 Å². The number of rotatable bonds is 4. The van der Waals surface area contributed by atoms with Crippen LogP contribution in [0.25, 0.3) is 0 Å². The van der Waals surface area contributed by atoms with Crippen LogP contribution in [0.5, 0.6) is 0 Å². The van der Waals surface area contributed by atoms with Gasteiger partial charge in [0.05, 0.1) is 12.2 Å². The molecule has 1 aromatic carbocycles. The van der Waals surface area contributed by atoms with Crippen molar-refractivity contribution in [2.75, 3.05) is 24.5 Å². The summed E-state index contributed by atoms with van der Waals surface area (Å²) < 4.78 is 0. The molecular weight excluding hydrogens is 378 g/mol. The summed E-state index contributed by atoms with van der Waals surface area (Å²) in [6.45, 7) is 2.23. The number of carbonyl (C=O) groups is 2. The first-order chi connectivity index (χ1) is 14.7. The molecule has 0 saturated carbocycles. The molecule has 156 valence electrons. The first-order valence-corrected chi connectivity index (χ1v) is 10.9. The lowest BCUT2D eigenvalue weighted by Gasteiger charge is -2.56.